The third-order valence-electron chi connectivity index (χ3n) is 5.76. The third-order valence-corrected chi connectivity index (χ3v) is 6.07. The molecule has 0 spiro atoms. The van der Waals surface area contributed by atoms with Crippen LogP contribution in [0.4, 0.5) is 4.79 Å². The summed E-state index contributed by atoms with van der Waals surface area (Å²) >= 11 is 6.28. The summed E-state index contributed by atoms with van der Waals surface area (Å²) in [5, 5.41) is 9.57. The minimum atomic E-state index is -0.343. The topological polar surface area (TPSA) is 62.6 Å². The number of nitriles is 1. The van der Waals surface area contributed by atoms with Crippen LogP contribution in [0.25, 0.3) is 0 Å². The first-order valence-electron chi connectivity index (χ1n) is 10.4. The van der Waals surface area contributed by atoms with Gasteiger partial charge in [0.2, 0.25) is 0 Å². The van der Waals surface area contributed by atoms with Crippen molar-refractivity contribution >= 4 is 17.7 Å². The van der Waals surface area contributed by atoms with Crippen molar-refractivity contribution in [2.45, 2.75) is 44.4 Å². The Hall–Kier alpha value is -2.55. The summed E-state index contributed by atoms with van der Waals surface area (Å²) in [4.78, 5) is 14.7. The Labute approximate surface area is 182 Å². The molecule has 2 fully saturated rings. The summed E-state index contributed by atoms with van der Waals surface area (Å²) in [5.41, 5.74) is 2.28. The van der Waals surface area contributed by atoms with Gasteiger partial charge in [0.05, 0.1) is 22.7 Å². The van der Waals surface area contributed by atoms with Gasteiger partial charge in [-0.15, -0.1) is 0 Å². The van der Waals surface area contributed by atoms with Gasteiger partial charge in [-0.05, 0) is 54.9 Å². The summed E-state index contributed by atoms with van der Waals surface area (Å²) in [7, 11) is 0. The minimum Gasteiger partial charge on any atom is -0.445 e. The van der Waals surface area contributed by atoms with Crippen LogP contribution in [0.15, 0.2) is 48.5 Å². The molecular weight excluding hydrogens is 400 g/mol. The highest BCUT2D eigenvalue weighted by molar-refractivity contribution is 6.31. The van der Waals surface area contributed by atoms with E-state index < -0.39 is 0 Å². The number of carbonyl (C=O) groups excluding carboxylic acids is 1. The van der Waals surface area contributed by atoms with E-state index in [1.165, 1.54) is 12.8 Å². The van der Waals surface area contributed by atoms with E-state index in [0.29, 0.717) is 29.5 Å². The fourth-order valence-corrected chi connectivity index (χ4v) is 4.04. The maximum absolute atomic E-state index is 12.9. The van der Waals surface area contributed by atoms with Crippen molar-refractivity contribution in [3.63, 3.8) is 0 Å². The number of benzene rings is 2. The second kappa shape index (κ2) is 9.51. The molecule has 0 N–H and O–H groups in total. The van der Waals surface area contributed by atoms with Gasteiger partial charge in [-0.3, -0.25) is 0 Å². The molecule has 4 rings (SSSR count). The normalized spacial score (nSPS) is 21.1. The highest BCUT2D eigenvalue weighted by Gasteiger charge is 2.35. The van der Waals surface area contributed by atoms with E-state index in [1.807, 2.05) is 36.4 Å². The molecule has 2 aromatic carbocycles. The van der Waals surface area contributed by atoms with Crippen LogP contribution < -0.4 is 0 Å². The summed E-state index contributed by atoms with van der Waals surface area (Å²) in [5.74, 6) is 0.696. The van der Waals surface area contributed by atoms with Crippen molar-refractivity contribution in [3.8, 4) is 6.07 Å². The molecule has 30 heavy (non-hydrogen) atoms. The van der Waals surface area contributed by atoms with Crippen molar-refractivity contribution in [1.82, 2.24) is 4.90 Å². The zero-order valence-corrected chi connectivity index (χ0v) is 17.6. The fourth-order valence-electron chi connectivity index (χ4n) is 3.81. The van der Waals surface area contributed by atoms with E-state index in [0.717, 1.165) is 24.2 Å². The zero-order chi connectivity index (χ0) is 20.9. The first-order chi connectivity index (χ1) is 14.6. The number of hydrogen-bond acceptors (Lipinski definition) is 4. The van der Waals surface area contributed by atoms with Crippen LogP contribution in [-0.4, -0.2) is 30.2 Å². The highest BCUT2D eigenvalue weighted by atomic mass is 35.5. The van der Waals surface area contributed by atoms with Gasteiger partial charge in [-0.1, -0.05) is 48.0 Å². The Bertz CT molecular complexity index is 924. The van der Waals surface area contributed by atoms with Crippen LogP contribution in [-0.2, 0) is 16.1 Å². The molecule has 2 aromatic rings. The second-order valence-corrected chi connectivity index (χ2v) is 8.43. The van der Waals surface area contributed by atoms with Gasteiger partial charge in [-0.2, -0.15) is 5.26 Å². The van der Waals surface area contributed by atoms with Gasteiger partial charge >= 0.3 is 6.09 Å². The Morgan fingerprint density at radius 1 is 1.17 bits per heavy atom. The molecule has 1 aliphatic carbocycles. The predicted molar refractivity (Wildman–Crippen MR) is 114 cm³/mol. The number of carbonyl (C=O) groups is 1. The monoisotopic (exact) mass is 424 g/mol. The molecule has 2 atom stereocenters. The molecule has 0 radical (unpaired) electrons. The van der Waals surface area contributed by atoms with Crippen LogP contribution in [0.1, 0.15) is 48.4 Å². The lowest BCUT2D eigenvalue weighted by Crippen LogP contribution is -2.43. The Morgan fingerprint density at radius 2 is 1.97 bits per heavy atom. The predicted octanol–water partition coefficient (Wildman–Crippen LogP) is 5.48. The summed E-state index contributed by atoms with van der Waals surface area (Å²) in [6.45, 7) is 1.59. The molecule has 1 amide bonds. The molecule has 1 saturated heterocycles. The van der Waals surface area contributed by atoms with Gasteiger partial charge in [-0.25, -0.2) is 4.79 Å². The molecule has 0 bridgehead atoms. The molecule has 2 unspecified atom stereocenters. The van der Waals surface area contributed by atoms with Crippen molar-refractivity contribution in [1.29, 1.82) is 5.26 Å². The maximum Gasteiger partial charge on any atom is 0.410 e. The van der Waals surface area contributed by atoms with Gasteiger partial charge in [0.15, 0.2) is 0 Å². The van der Waals surface area contributed by atoms with Crippen LogP contribution in [0.3, 0.4) is 0 Å². The number of amides is 1. The van der Waals surface area contributed by atoms with E-state index in [9.17, 15) is 4.79 Å². The average molecular weight is 425 g/mol. The minimum absolute atomic E-state index is 0.100. The third kappa shape index (κ3) is 5.13. The molecule has 0 aromatic heterocycles. The molecule has 1 aliphatic heterocycles. The molecule has 6 heteroatoms. The SMILES string of the molecule is N#Cc1ccc(C2CC(OCC3CC3)CCN2C(=O)OCc2ccccc2)cc1Cl. The lowest BCUT2D eigenvalue weighted by Gasteiger charge is -2.39. The average Bonchev–Trinajstić information content (AvgIpc) is 3.61. The van der Waals surface area contributed by atoms with Crippen LogP contribution >= 0.6 is 11.6 Å². The van der Waals surface area contributed by atoms with Gasteiger partial charge < -0.3 is 14.4 Å². The van der Waals surface area contributed by atoms with E-state index in [2.05, 4.69) is 6.07 Å². The first kappa shape index (κ1) is 20.7. The highest BCUT2D eigenvalue weighted by Crippen LogP contribution is 2.36. The largest absolute Gasteiger partial charge is 0.445 e. The Balaban J connectivity index is 1.48. The number of hydrogen-bond donors (Lipinski definition) is 0. The Kier molecular flexibility index (Phi) is 6.56. The Morgan fingerprint density at radius 3 is 2.67 bits per heavy atom. The quantitative estimate of drug-likeness (QED) is 0.615. The van der Waals surface area contributed by atoms with Gasteiger partial charge in [0, 0.05) is 13.2 Å². The number of rotatable bonds is 6. The molecule has 1 saturated carbocycles. The van der Waals surface area contributed by atoms with E-state index in [1.54, 1.807) is 17.0 Å². The molecule has 1 heterocycles. The lowest BCUT2D eigenvalue weighted by molar-refractivity contribution is -0.0208. The fraction of sp³-hybridized carbons (Fsp3) is 0.417. The number of likely N-dealkylation sites (tertiary alicyclic amines) is 1. The van der Waals surface area contributed by atoms with Gasteiger partial charge in [0.25, 0.3) is 0 Å². The smallest absolute Gasteiger partial charge is 0.410 e. The van der Waals surface area contributed by atoms with Crippen LogP contribution in [0.5, 0.6) is 0 Å². The van der Waals surface area contributed by atoms with Crippen molar-refractivity contribution < 1.29 is 14.3 Å². The van der Waals surface area contributed by atoms with Crippen molar-refractivity contribution in [2.24, 2.45) is 5.92 Å². The number of ether oxygens (including phenoxy) is 2. The first-order valence-corrected chi connectivity index (χ1v) is 10.8. The zero-order valence-electron chi connectivity index (χ0n) is 16.8. The standard InChI is InChI=1S/C24H25ClN2O3/c25-22-12-19(8-9-20(22)14-26)23-13-21(29-15-18-6-7-18)10-11-27(23)24(28)30-16-17-4-2-1-3-5-17/h1-5,8-9,12,18,21,23H,6-7,10-11,13,15-16H2. The molecular formula is C24H25ClN2O3. The number of nitrogens with zero attached hydrogens (tertiary/aromatic N) is 2. The second-order valence-electron chi connectivity index (χ2n) is 8.02. The van der Waals surface area contributed by atoms with Crippen LogP contribution in [0.2, 0.25) is 5.02 Å². The maximum atomic E-state index is 12.9. The molecule has 5 nitrogen and oxygen atoms in total. The van der Waals surface area contributed by atoms with E-state index in [-0.39, 0.29) is 24.8 Å². The molecule has 2 aliphatic rings. The van der Waals surface area contributed by atoms with Crippen molar-refractivity contribution in [2.75, 3.05) is 13.2 Å². The van der Waals surface area contributed by atoms with E-state index in [4.69, 9.17) is 26.3 Å². The number of piperidine rings is 1. The molecule has 156 valence electrons. The number of halogens is 1. The summed E-state index contributed by atoms with van der Waals surface area (Å²) in [6, 6.07) is 16.9. The van der Waals surface area contributed by atoms with Gasteiger partial charge in [0.1, 0.15) is 12.7 Å². The van der Waals surface area contributed by atoms with Crippen molar-refractivity contribution in [3.05, 3.63) is 70.2 Å². The summed E-state index contributed by atoms with van der Waals surface area (Å²) in [6.07, 6.45) is 3.73. The lowest BCUT2D eigenvalue weighted by atomic mass is 9.93. The summed E-state index contributed by atoms with van der Waals surface area (Å²) < 4.78 is 11.7. The van der Waals surface area contributed by atoms with Crippen LogP contribution in [0, 0.1) is 17.2 Å². The van der Waals surface area contributed by atoms with E-state index >= 15 is 0 Å².